The fourth-order valence-electron chi connectivity index (χ4n) is 2.92. The van der Waals surface area contributed by atoms with Gasteiger partial charge >= 0.3 is 0 Å². The molecule has 0 fully saturated rings. The van der Waals surface area contributed by atoms with Gasteiger partial charge in [-0.1, -0.05) is 0 Å². The van der Waals surface area contributed by atoms with Gasteiger partial charge < -0.3 is 10.2 Å². The van der Waals surface area contributed by atoms with Crippen molar-refractivity contribution in [2.75, 3.05) is 23.3 Å². The van der Waals surface area contributed by atoms with E-state index < -0.39 is 10.0 Å². The summed E-state index contributed by atoms with van der Waals surface area (Å²) < 4.78 is 26.5. The number of pyridine rings is 1. The largest absolute Gasteiger partial charge is 0.326 e. The Morgan fingerprint density at radius 2 is 2.07 bits per heavy atom. The second-order valence-electron chi connectivity index (χ2n) is 6.15. The number of hydrogen-bond donors (Lipinski definition) is 2. The van der Waals surface area contributed by atoms with Gasteiger partial charge in [-0.25, -0.2) is 13.1 Å². The smallest absolute Gasteiger partial charge is 0.242 e. The van der Waals surface area contributed by atoms with E-state index in [2.05, 4.69) is 15.0 Å². The minimum absolute atomic E-state index is 0.00382. The molecule has 2 N–H and O–H groups in total. The molecular formula is C18H20N4O4S. The zero-order valence-corrected chi connectivity index (χ0v) is 15.6. The number of aromatic nitrogens is 1. The van der Waals surface area contributed by atoms with Crippen molar-refractivity contribution >= 4 is 33.2 Å². The van der Waals surface area contributed by atoms with Crippen molar-refractivity contribution in [2.45, 2.75) is 24.7 Å². The number of rotatable bonds is 6. The number of anilines is 2. The summed E-state index contributed by atoms with van der Waals surface area (Å²) in [7, 11) is -3.68. The fraction of sp³-hybridized carbons (Fsp3) is 0.278. The molecular weight excluding hydrogens is 368 g/mol. The first-order chi connectivity index (χ1) is 12.9. The number of sulfonamides is 1. The van der Waals surface area contributed by atoms with Gasteiger partial charge in [0.05, 0.1) is 0 Å². The molecule has 2 amide bonds. The SMILES string of the molecule is CC(=O)N1CCc2cc(NC(=O)CCNS(=O)(=O)c3cccnc3)ccc21. The van der Waals surface area contributed by atoms with Crippen LogP contribution in [0.2, 0.25) is 0 Å². The highest BCUT2D eigenvalue weighted by atomic mass is 32.2. The summed E-state index contributed by atoms with van der Waals surface area (Å²) in [5.74, 6) is -0.309. The first-order valence-electron chi connectivity index (χ1n) is 8.47. The third-order valence-corrected chi connectivity index (χ3v) is 5.67. The van der Waals surface area contributed by atoms with Crippen LogP contribution in [0, 0.1) is 0 Å². The molecule has 0 radical (unpaired) electrons. The molecule has 3 rings (SSSR count). The number of carbonyl (C=O) groups excluding carboxylic acids is 2. The van der Waals surface area contributed by atoms with Crippen molar-refractivity contribution in [2.24, 2.45) is 0 Å². The molecule has 0 aliphatic carbocycles. The third kappa shape index (κ3) is 4.50. The van der Waals surface area contributed by atoms with Gasteiger partial charge in [0.25, 0.3) is 0 Å². The zero-order valence-electron chi connectivity index (χ0n) is 14.8. The van der Waals surface area contributed by atoms with E-state index in [1.54, 1.807) is 11.0 Å². The van der Waals surface area contributed by atoms with Crippen molar-refractivity contribution in [3.05, 3.63) is 48.3 Å². The molecule has 9 heteroatoms. The van der Waals surface area contributed by atoms with Crippen molar-refractivity contribution in [3.8, 4) is 0 Å². The lowest BCUT2D eigenvalue weighted by Gasteiger charge is -2.15. The Hall–Kier alpha value is -2.78. The molecule has 27 heavy (non-hydrogen) atoms. The minimum Gasteiger partial charge on any atom is -0.326 e. The van der Waals surface area contributed by atoms with Crippen LogP contribution in [-0.4, -0.2) is 38.3 Å². The van der Waals surface area contributed by atoms with Crippen molar-refractivity contribution in [1.82, 2.24) is 9.71 Å². The highest BCUT2D eigenvalue weighted by Gasteiger charge is 2.22. The van der Waals surface area contributed by atoms with Crippen LogP contribution in [0.1, 0.15) is 18.9 Å². The lowest BCUT2D eigenvalue weighted by molar-refractivity contribution is -0.117. The molecule has 142 valence electrons. The van der Waals surface area contributed by atoms with Crippen LogP contribution in [0.5, 0.6) is 0 Å². The van der Waals surface area contributed by atoms with Gasteiger partial charge in [-0.2, -0.15) is 0 Å². The Labute approximate surface area is 157 Å². The van der Waals surface area contributed by atoms with E-state index >= 15 is 0 Å². The topological polar surface area (TPSA) is 108 Å². The molecule has 0 atom stereocenters. The van der Waals surface area contributed by atoms with Gasteiger partial charge in [0.1, 0.15) is 4.90 Å². The quantitative estimate of drug-likeness (QED) is 0.775. The Morgan fingerprint density at radius 1 is 1.26 bits per heavy atom. The van der Waals surface area contributed by atoms with Gasteiger partial charge in [0.15, 0.2) is 0 Å². The lowest BCUT2D eigenvalue weighted by Crippen LogP contribution is -2.28. The molecule has 2 heterocycles. The summed E-state index contributed by atoms with van der Waals surface area (Å²) in [6.45, 7) is 2.14. The van der Waals surface area contributed by atoms with Gasteiger partial charge in [0, 0.05) is 50.2 Å². The fourth-order valence-corrected chi connectivity index (χ4v) is 3.91. The maximum Gasteiger partial charge on any atom is 0.242 e. The van der Waals surface area contributed by atoms with Crippen LogP contribution in [0.25, 0.3) is 0 Å². The van der Waals surface area contributed by atoms with Gasteiger partial charge in [-0.15, -0.1) is 0 Å². The molecule has 0 spiro atoms. The van der Waals surface area contributed by atoms with E-state index in [0.29, 0.717) is 12.2 Å². The Morgan fingerprint density at radius 3 is 2.78 bits per heavy atom. The summed E-state index contributed by atoms with van der Waals surface area (Å²) in [4.78, 5) is 29.2. The Bertz CT molecular complexity index is 961. The van der Waals surface area contributed by atoms with Crippen LogP contribution in [-0.2, 0) is 26.0 Å². The maximum absolute atomic E-state index is 12.1. The number of hydrogen-bond acceptors (Lipinski definition) is 5. The first-order valence-corrected chi connectivity index (χ1v) is 9.96. The summed E-state index contributed by atoms with van der Waals surface area (Å²) in [6.07, 6.45) is 3.47. The van der Waals surface area contributed by atoms with E-state index in [1.807, 2.05) is 12.1 Å². The van der Waals surface area contributed by atoms with Crippen molar-refractivity contribution in [3.63, 3.8) is 0 Å². The molecule has 0 saturated heterocycles. The van der Waals surface area contributed by atoms with E-state index in [9.17, 15) is 18.0 Å². The number of amides is 2. The predicted molar refractivity (Wildman–Crippen MR) is 101 cm³/mol. The number of nitrogens with zero attached hydrogens (tertiary/aromatic N) is 2. The molecule has 1 aromatic carbocycles. The summed E-state index contributed by atoms with van der Waals surface area (Å²) >= 11 is 0. The molecule has 1 aromatic heterocycles. The summed E-state index contributed by atoms with van der Waals surface area (Å²) in [5.41, 5.74) is 2.49. The maximum atomic E-state index is 12.1. The average molecular weight is 388 g/mol. The Balaban J connectivity index is 1.54. The van der Waals surface area contributed by atoms with E-state index in [4.69, 9.17) is 0 Å². The Kier molecular flexibility index (Phi) is 5.52. The number of benzene rings is 1. The van der Waals surface area contributed by atoms with Crippen LogP contribution in [0.15, 0.2) is 47.6 Å². The third-order valence-electron chi connectivity index (χ3n) is 4.23. The monoisotopic (exact) mass is 388 g/mol. The van der Waals surface area contributed by atoms with Crippen LogP contribution in [0.4, 0.5) is 11.4 Å². The standard InChI is InChI=1S/C18H20N4O4S/c1-13(23)22-10-7-14-11-15(4-5-17(14)22)21-18(24)6-9-20-27(25,26)16-3-2-8-19-12-16/h2-5,8,11-12,20H,6-7,9-10H2,1H3,(H,21,24). The van der Waals surface area contributed by atoms with E-state index in [0.717, 1.165) is 17.7 Å². The molecule has 1 aliphatic heterocycles. The highest BCUT2D eigenvalue weighted by molar-refractivity contribution is 7.89. The van der Waals surface area contributed by atoms with Crippen LogP contribution < -0.4 is 14.9 Å². The molecule has 0 unspecified atom stereocenters. The predicted octanol–water partition coefficient (Wildman–Crippen LogP) is 1.30. The molecule has 0 saturated carbocycles. The van der Waals surface area contributed by atoms with Crippen LogP contribution >= 0.6 is 0 Å². The summed E-state index contributed by atoms with van der Waals surface area (Å²) in [6, 6.07) is 8.35. The molecule has 0 bridgehead atoms. The van der Waals surface area contributed by atoms with Gasteiger partial charge in [-0.05, 0) is 42.3 Å². The second kappa shape index (κ2) is 7.85. The van der Waals surface area contributed by atoms with Crippen molar-refractivity contribution < 1.29 is 18.0 Å². The van der Waals surface area contributed by atoms with E-state index in [1.165, 1.54) is 31.5 Å². The second-order valence-corrected chi connectivity index (χ2v) is 7.92. The van der Waals surface area contributed by atoms with Gasteiger partial charge in [-0.3, -0.25) is 14.6 Å². The molecule has 2 aromatic rings. The van der Waals surface area contributed by atoms with Gasteiger partial charge in [0.2, 0.25) is 21.8 Å². The normalized spacial score (nSPS) is 13.3. The summed E-state index contributed by atoms with van der Waals surface area (Å²) in [5, 5.41) is 2.75. The minimum atomic E-state index is -3.68. The lowest BCUT2D eigenvalue weighted by atomic mass is 10.1. The first kappa shape index (κ1) is 19.0. The highest BCUT2D eigenvalue weighted by Crippen LogP contribution is 2.30. The average Bonchev–Trinajstić information content (AvgIpc) is 3.06. The molecule has 1 aliphatic rings. The van der Waals surface area contributed by atoms with E-state index in [-0.39, 0.29) is 29.7 Å². The number of carbonyl (C=O) groups is 2. The van der Waals surface area contributed by atoms with Crippen molar-refractivity contribution in [1.29, 1.82) is 0 Å². The zero-order chi connectivity index (χ0) is 19.4. The number of fused-ring (bicyclic) bond motifs is 1. The number of nitrogens with one attached hydrogen (secondary N) is 2. The van der Waals surface area contributed by atoms with Crippen LogP contribution in [0.3, 0.4) is 0 Å². The molecule has 8 nitrogen and oxygen atoms in total.